The number of imidazole rings is 1. The van der Waals surface area contributed by atoms with Crippen LogP contribution in [0.4, 0.5) is 5.82 Å². The third-order valence-electron chi connectivity index (χ3n) is 8.18. The molecule has 2 aliphatic carbocycles. The number of allylic oxidation sites excluding steroid dienone is 3. The summed E-state index contributed by atoms with van der Waals surface area (Å²) in [6, 6.07) is 9.23. The molecule has 4 heterocycles. The number of amides is 2. The predicted octanol–water partition coefficient (Wildman–Crippen LogP) is 5.00. The lowest BCUT2D eigenvalue weighted by atomic mass is 9.81. The molecule has 3 aromatic heterocycles. The highest BCUT2D eigenvalue weighted by atomic mass is 16.2. The molecule has 0 atom stereocenters. The highest BCUT2D eigenvalue weighted by Crippen LogP contribution is 2.39. The van der Waals surface area contributed by atoms with E-state index in [9.17, 15) is 9.59 Å². The van der Waals surface area contributed by atoms with E-state index in [-0.39, 0.29) is 23.7 Å². The van der Waals surface area contributed by atoms with Crippen molar-refractivity contribution in [3.63, 3.8) is 0 Å². The minimum atomic E-state index is -0.172. The smallest absolute Gasteiger partial charge is 0.261 e. The molecule has 8 nitrogen and oxygen atoms in total. The number of nitrogen functional groups attached to an aromatic ring is 1. The first-order chi connectivity index (χ1) is 18.6. The van der Waals surface area contributed by atoms with Crippen molar-refractivity contribution >= 4 is 29.2 Å². The summed E-state index contributed by atoms with van der Waals surface area (Å²) in [5.41, 5.74) is 12.3. The fourth-order valence-corrected chi connectivity index (χ4v) is 6.21. The average molecular weight is 505 g/mol. The first kappa shape index (κ1) is 22.7. The molecular formula is C30H28N6O2. The van der Waals surface area contributed by atoms with E-state index in [1.54, 1.807) is 18.3 Å². The predicted molar refractivity (Wildman–Crippen MR) is 146 cm³/mol. The second-order valence-corrected chi connectivity index (χ2v) is 10.4. The molecule has 1 aliphatic heterocycles. The van der Waals surface area contributed by atoms with Gasteiger partial charge in [0.1, 0.15) is 22.9 Å². The Labute approximate surface area is 219 Å². The van der Waals surface area contributed by atoms with Gasteiger partial charge in [0.15, 0.2) is 0 Å². The molecule has 4 aromatic rings. The van der Waals surface area contributed by atoms with Crippen molar-refractivity contribution in [2.75, 3.05) is 12.3 Å². The van der Waals surface area contributed by atoms with Crippen LogP contribution in [-0.2, 0) is 6.42 Å². The van der Waals surface area contributed by atoms with Crippen LogP contribution in [0.2, 0.25) is 0 Å². The Kier molecular flexibility index (Phi) is 5.28. The van der Waals surface area contributed by atoms with Crippen LogP contribution in [0.5, 0.6) is 0 Å². The lowest BCUT2D eigenvalue weighted by Gasteiger charge is -2.30. The Hall–Kier alpha value is -4.46. The van der Waals surface area contributed by atoms with E-state index in [1.807, 2.05) is 18.3 Å². The number of nitrogens with zero attached hydrogens (tertiary/aromatic N) is 4. The highest BCUT2D eigenvalue weighted by Gasteiger charge is 2.37. The van der Waals surface area contributed by atoms with Crippen molar-refractivity contribution < 1.29 is 9.59 Å². The van der Waals surface area contributed by atoms with Gasteiger partial charge < -0.3 is 10.7 Å². The maximum atomic E-state index is 12.8. The zero-order chi connectivity index (χ0) is 25.8. The van der Waals surface area contributed by atoms with Crippen LogP contribution in [-0.4, -0.2) is 42.6 Å². The first-order valence-electron chi connectivity index (χ1n) is 13.2. The van der Waals surface area contributed by atoms with Crippen LogP contribution in [0.15, 0.2) is 61.0 Å². The lowest BCUT2D eigenvalue weighted by molar-refractivity contribution is 0.0614. The topological polar surface area (TPSA) is 109 Å². The number of hydrogen-bond donors (Lipinski definition) is 2. The third kappa shape index (κ3) is 3.59. The summed E-state index contributed by atoms with van der Waals surface area (Å²) in [7, 11) is 0. The molecule has 38 heavy (non-hydrogen) atoms. The number of H-pyrrole nitrogens is 1. The van der Waals surface area contributed by atoms with Crippen LogP contribution in [0.1, 0.15) is 69.4 Å². The second kappa shape index (κ2) is 8.83. The van der Waals surface area contributed by atoms with Gasteiger partial charge in [-0.3, -0.25) is 18.9 Å². The minimum Gasteiger partial charge on any atom is -0.382 e. The molecule has 0 spiro atoms. The molecule has 2 amide bonds. The van der Waals surface area contributed by atoms with E-state index < -0.39 is 0 Å². The maximum Gasteiger partial charge on any atom is 0.261 e. The molecule has 3 aliphatic rings. The molecule has 0 unspecified atom stereocenters. The van der Waals surface area contributed by atoms with Crippen molar-refractivity contribution in [3.05, 3.63) is 89.2 Å². The number of nitrogens with one attached hydrogen (secondary N) is 1. The summed E-state index contributed by atoms with van der Waals surface area (Å²) in [5, 5.41) is 0. The fraction of sp³-hybridized carbons (Fsp3) is 0.267. The van der Waals surface area contributed by atoms with E-state index in [0.717, 1.165) is 66.1 Å². The number of imide groups is 1. The zero-order valence-corrected chi connectivity index (χ0v) is 20.9. The monoisotopic (exact) mass is 504 g/mol. The van der Waals surface area contributed by atoms with Crippen LogP contribution < -0.4 is 5.73 Å². The van der Waals surface area contributed by atoms with E-state index in [1.165, 1.54) is 4.90 Å². The number of nitrogens with two attached hydrogens (primary N) is 1. The summed E-state index contributed by atoms with van der Waals surface area (Å²) < 4.78 is 2.09. The van der Waals surface area contributed by atoms with E-state index in [2.05, 4.69) is 44.7 Å². The van der Waals surface area contributed by atoms with Crippen molar-refractivity contribution in [2.24, 2.45) is 5.92 Å². The Morgan fingerprint density at radius 2 is 1.79 bits per heavy atom. The van der Waals surface area contributed by atoms with Gasteiger partial charge in [-0.2, -0.15) is 0 Å². The van der Waals surface area contributed by atoms with Crippen molar-refractivity contribution in [1.29, 1.82) is 0 Å². The van der Waals surface area contributed by atoms with Crippen LogP contribution in [0.25, 0.3) is 23.0 Å². The van der Waals surface area contributed by atoms with Gasteiger partial charge in [-0.1, -0.05) is 36.4 Å². The molecular weight excluding hydrogens is 476 g/mol. The molecule has 0 radical (unpaired) electrons. The SMILES string of the molecule is Nc1nccn2c(C3CCC(CN4C(=O)c5ccccc5C4=O)CC3)nc(-c3cc4c([nH]3)CC=CC=C4)c12. The number of carbonyl (C=O) groups is 2. The standard InChI is InChI=1S/C30H28N6O2/c31-27-26-25(24-16-20-6-2-1-3-9-23(20)33-24)34-28(35(26)15-14-32-27)19-12-10-18(11-13-19)17-36-29(37)21-7-4-5-8-22(21)30(36)38/h1-8,14-16,18-19,33H,9-13,17H2,(H2,31,32). The highest BCUT2D eigenvalue weighted by molar-refractivity contribution is 6.21. The molecule has 0 bridgehead atoms. The summed E-state index contributed by atoms with van der Waals surface area (Å²) >= 11 is 0. The van der Waals surface area contributed by atoms with Gasteiger partial charge in [-0.15, -0.1) is 0 Å². The van der Waals surface area contributed by atoms with E-state index in [0.29, 0.717) is 23.5 Å². The minimum absolute atomic E-state index is 0.172. The molecule has 1 fully saturated rings. The normalized spacial score (nSPS) is 20.7. The molecule has 7 rings (SSSR count). The number of aromatic amines is 1. The van der Waals surface area contributed by atoms with Crippen molar-refractivity contribution in [3.8, 4) is 11.4 Å². The van der Waals surface area contributed by atoms with Gasteiger partial charge in [-0.25, -0.2) is 9.97 Å². The molecule has 190 valence electrons. The molecule has 1 aromatic carbocycles. The van der Waals surface area contributed by atoms with Crippen molar-refractivity contribution in [1.82, 2.24) is 24.3 Å². The number of rotatable bonds is 4. The largest absolute Gasteiger partial charge is 0.382 e. The molecule has 0 saturated heterocycles. The summed E-state index contributed by atoms with van der Waals surface area (Å²) in [5.74, 6) is 1.64. The fourth-order valence-electron chi connectivity index (χ4n) is 6.21. The Balaban J connectivity index is 1.13. The number of fused-ring (bicyclic) bond motifs is 3. The molecule has 1 saturated carbocycles. The number of anilines is 1. The summed E-state index contributed by atoms with van der Waals surface area (Å²) in [6.45, 7) is 0.472. The van der Waals surface area contributed by atoms with Crippen LogP contribution in [0, 0.1) is 5.92 Å². The number of carbonyl (C=O) groups excluding carboxylic acids is 2. The maximum absolute atomic E-state index is 12.8. The van der Waals surface area contributed by atoms with Crippen LogP contribution in [0.3, 0.4) is 0 Å². The van der Waals surface area contributed by atoms with Gasteiger partial charge in [0.25, 0.3) is 11.8 Å². The summed E-state index contributed by atoms with van der Waals surface area (Å²) in [4.78, 5) is 40.2. The van der Waals surface area contributed by atoms with E-state index >= 15 is 0 Å². The van der Waals surface area contributed by atoms with Crippen LogP contribution >= 0.6 is 0 Å². The Morgan fingerprint density at radius 1 is 1.03 bits per heavy atom. The number of hydrogen-bond acceptors (Lipinski definition) is 5. The van der Waals surface area contributed by atoms with Gasteiger partial charge >= 0.3 is 0 Å². The van der Waals surface area contributed by atoms with Gasteiger partial charge in [0.05, 0.1) is 16.8 Å². The zero-order valence-electron chi connectivity index (χ0n) is 20.9. The number of aromatic nitrogens is 4. The average Bonchev–Trinajstić information content (AvgIpc) is 3.54. The van der Waals surface area contributed by atoms with Gasteiger partial charge in [-0.05, 0) is 55.4 Å². The lowest BCUT2D eigenvalue weighted by Crippen LogP contribution is -2.35. The van der Waals surface area contributed by atoms with Gasteiger partial charge in [0, 0.05) is 37.0 Å². The van der Waals surface area contributed by atoms with E-state index in [4.69, 9.17) is 10.7 Å². The first-order valence-corrected chi connectivity index (χ1v) is 13.2. The molecule has 3 N–H and O–H groups in total. The number of benzene rings is 1. The third-order valence-corrected chi connectivity index (χ3v) is 8.18. The Bertz CT molecular complexity index is 1620. The second-order valence-electron chi connectivity index (χ2n) is 10.4. The van der Waals surface area contributed by atoms with Gasteiger partial charge in [0.2, 0.25) is 0 Å². The molecule has 8 heteroatoms. The summed E-state index contributed by atoms with van der Waals surface area (Å²) in [6.07, 6.45) is 16.6. The van der Waals surface area contributed by atoms with Crippen molar-refractivity contribution in [2.45, 2.75) is 38.0 Å². The Morgan fingerprint density at radius 3 is 2.55 bits per heavy atom. The quantitative estimate of drug-likeness (QED) is 0.380.